The smallest absolute Gasteiger partial charge is 0.216 e. The van der Waals surface area contributed by atoms with E-state index in [-0.39, 0.29) is 0 Å². The molecule has 3 nitrogen and oxygen atoms in total. The Morgan fingerprint density at radius 3 is 2.23 bits per heavy atom. The Labute approximate surface area is 210 Å². The van der Waals surface area contributed by atoms with Crippen LogP contribution in [0.2, 0.25) is 0 Å². The average Bonchev–Trinajstić information content (AvgIpc) is 3.23. The zero-order valence-corrected chi connectivity index (χ0v) is 21.2. The number of hydrogen-bond donors (Lipinski definition) is 0. The molecule has 5 aromatic rings. The molecule has 0 aliphatic rings. The molecule has 0 aliphatic heterocycles. The first-order chi connectivity index (χ1) is 17.5. The summed E-state index contributed by atoms with van der Waals surface area (Å²) in [5.74, 6) is 0. The van der Waals surface area contributed by atoms with Gasteiger partial charge in [-0.2, -0.15) is 0 Å². The number of fused-ring (bicyclic) bond motifs is 3. The van der Waals surface area contributed by atoms with Gasteiger partial charge in [0.2, 0.25) is 5.69 Å². The number of benzene rings is 3. The predicted octanol–water partition coefficient (Wildman–Crippen LogP) is 8.50. The molecule has 0 bridgehead atoms. The van der Waals surface area contributed by atoms with E-state index in [9.17, 15) is 0 Å². The van der Waals surface area contributed by atoms with Gasteiger partial charge in [0.1, 0.15) is 18.2 Å². The van der Waals surface area contributed by atoms with Crippen LogP contribution in [0.15, 0.2) is 71.3 Å². The summed E-state index contributed by atoms with van der Waals surface area (Å²) in [7, 11) is 1.96. The molecule has 3 aromatic carbocycles. The second-order valence-electron chi connectivity index (χ2n) is 10.3. The van der Waals surface area contributed by atoms with Crippen molar-refractivity contribution in [1.82, 2.24) is 0 Å². The van der Waals surface area contributed by atoms with Gasteiger partial charge in [0.05, 0.1) is 12.1 Å². The molecular formula is C32H31N2O+. The van der Waals surface area contributed by atoms with Crippen LogP contribution >= 0.6 is 0 Å². The first-order valence-electron chi connectivity index (χ1n) is 12.9. The summed E-state index contributed by atoms with van der Waals surface area (Å²) < 4.78 is 26.3. The van der Waals surface area contributed by atoms with Crippen molar-refractivity contribution < 1.29 is 11.7 Å². The predicted molar refractivity (Wildman–Crippen MR) is 145 cm³/mol. The van der Waals surface area contributed by atoms with Crippen LogP contribution in [-0.4, -0.2) is 0 Å². The van der Waals surface area contributed by atoms with E-state index < -0.39 is 11.8 Å². The zero-order valence-electron chi connectivity index (χ0n) is 23.2. The first kappa shape index (κ1) is 20.5. The van der Waals surface area contributed by atoms with Crippen LogP contribution in [0.25, 0.3) is 49.2 Å². The topological polar surface area (TPSA) is 21.4 Å². The molecular weight excluding hydrogens is 428 g/mol. The van der Waals surface area contributed by atoms with E-state index in [1.165, 1.54) is 0 Å². The molecule has 0 aliphatic carbocycles. The van der Waals surface area contributed by atoms with E-state index in [1.54, 1.807) is 0 Å². The number of aryl methyl sites for hydroxylation is 3. The lowest BCUT2D eigenvalue weighted by atomic mass is 9.86. The molecule has 0 atom stereocenters. The van der Waals surface area contributed by atoms with Gasteiger partial charge < -0.3 is 4.42 Å². The molecule has 3 heteroatoms. The van der Waals surface area contributed by atoms with E-state index in [1.807, 2.05) is 88.0 Å². The Balaban J connectivity index is 1.82. The van der Waals surface area contributed by atoms with Crippen molar-refractivity contribution in [2.45, 2.75) is 41.0 Å². The highest BCUT2D eigenvalue weighted by Crippen LogP contribution is 2.44. The summed E-state index contributed by atoms with van der Waals surface area (Å²) >= 11 is 0. The Kier molecular flexibility index (Phi) is 4.91. The van der Waals surface area contributed by atoms with Crippen molar-refractivity contribution in [3.63, 3.8) is 0 Å². The molecule has 0 saturated carbocycles. The van der Waals surface area contributed by atoms with Crippen LogP contribution in [-0.2, 0) is 13.4 Å². The van der Waals surface area contributed by atoms with Gasteiger partial charge in [-0.25, -0.2) is 9.41 Å². The number of pyridine rings is 1. The Morgan fingerprint density at radius 1 is 0.914 bits per heavy atom. The van der Waals surface area contributed by atoms with Crippen LogP contribution < -0.4 is 4.57 Å². The fourth-order valence-electron chi connectivity index (χ4n) is 4.82. The summed E-state index contributed by atoms with van der Waals surface area (Å²) in [5.41, 5.74) is 7.85. The third kappa shape index (κ3) is 4.00. The SMILES string of the molecule is [2H]C([2H])(c1c[n+](C)c(-c2c(C)ccc3c2oc2c(-c4ccccc4)c([N+]#[C-])ccc23)cc1C)C(C)(C)C. The molecule has 0 unspecified atom stereocenters. The quantitative estimate of drug-likeness (QED) is 0.195. The minimum absolute atomic E-state index is 0.546. The number of furan rings is 1. The monoisotopic (exact) mass is 461 g/mol. The van der Waals surface area contributed by atoms with Gasteiger partial charge in [-0.05, 0) is 42.3 Å². The molecule has 35 heavy (non-hydrogen) atoms. The highest BCUT2D eigenvalue weighted by molar-refractivity contribution is 6.15. The van der Waals surface area contributed by atoms with Crippen LogP contribution in [0.1, 0.15) is 40.2 Å². The lowest BCUT2D eigenvalue weighted by Crippen LogP contribution is -2.32. The van der Waals surface area contributed by atoms with Crippen molar-refractivity contribution in [3.8, 4) is 22.4 Å². The maximum Gasteiger partial charge on any atom is 0.216 e. The van der Waals surface area contributed by atoms with E-state index in [4.69, 9.17) is 13.7 Å². The van der Waals surface area contributed by atoms with Gasteiger partial charge in [0.15, 0.2) is 11.9 Å². The lowest BCUT2D eigenvalue weighted by molar-refractivity contribution is -0.660. The van der Waals surface area contributed by atoms with Crippen molar-refractivity contribution in [1.29, 1.82) is 0 Å². The summed E-state index contributed by atoms with van der Waals surface area (Å²) in [6, 6.07) is 20.0. The molecule has 0 N–H and O–H groups in total. The summed E-state index contributed by atoms with van der Waals surface area (Å²) in [6.45, 7) is 17.6. The van der Waals surface area contributed by atoms with Crippen molar-refractivity contribution >= 4 is 27.6 Å². The molecule has 0 fully saturated rings. The standard InChI is InChI=1S/C32H31N2O/c1-20-13-14-24-25-15-16-26(33-6)29(22-11-9-8-10-12-22)31(25)35-30(24)28(20)27-17-21(2)23(19-34(27)7)18-32(3,4)5/h8-17,19H,18H2,1-5,7H3/q+1/i18D2. The van der Waals surface area contributed by atoms with E-state index in [0.29, 0.717) is 16.8 Å². The third-order valence-electron chi connectivity index (χ3n) is 6.43. The largest absolute Gasteiger partial charge is 0.456 e. The Morgan fingerprint density at radius 2 is 1.57 bits per heavy atom. The number of rotatable bonds is 3. The third-order valence-corrected chi connectivity index (χ3v) is 6.43. The normalized spacial score (nSPS) is 13.1. The summed E-state index contributed by atoms with van der Waals surface area (Å²) in [5, 5.41) is 1.97. The second kappa shape index (κ2) is 8.40. The van der Waals surface area contributed by atoms with Crippen LogP contribution in [0.5, 0.6) is 0 Å². The van der Waals surface area contributed by atoms with Gasteiger partial charge >= 0.3 is 0 Å². The number of aromatic nitrogens is 1. The van der Waals surface area contributed by atoms with Crippen molar-refractivity contribution in [3.05, 3.63) is 95.0 Å². The molecule has 0 radical (unpaired) electrons. The number of hydrogen-bond acceptors (Lipinski definition) is 1. The highest BCUT2D eigenvalue weighted by atomic mass is 16.3. The minimum atomic E-state index is -1.49. The summed E-state index contributed by atoms with van der Waals surface area (Å²) in [4.78, 5) is 3.79. The fraction of sp³-hybridized carbons (Fsp3) is 0.250. The molecule has 0 amide bonds. The molecule has 0 saturated heterocycles. The van der Waals surface area contributed by atoms with Crippen molar-refractivity contribution in [2.24, 2.45) is 12.5 Å². The van der Waals surface area contributed by atoms with E-state index in [0.717, 1.165) is 49.9 Å². The van der Waals surface area contributed by atoms with Gasteiger partial charge in [-0.3, -0.25) is 0 Å². The fourth-order valence-corrected chi connectivity index (χ4v) is 4.82. The average molecular weight is 462 g/mol. The van der Waals surface area contributed by atoms with Gasteiger partial charge in [-0.1, -0.05) is 75.4 Å². The maximum absolute atomic E-state index is 8.83. The Hall–Kier alpha value is -3.90. The lowest BCUT2D eigenvalue weighted by Gasteiger charge is -2.19. The second-order valence-corrected chi connectivity index (χ2v) is 10.3. The first-order valence-corrected chi connectivity index (χ1v) is 11.9. The molecule has 5 rings (SSSR count). The van der Waals surface area contributed by atoms with Crippen molar-refractivity contribution in [2.75, 3.05) is 0 Å². The molecule has 2 heterocycles. The molecule has 0 spiro atoms. The van der Waals surface area contributed by atoms with E-state index in [2.05, 4.69) is 30.0 Å². The Bertz CT molecular complexity index is 1720. The van der Waals surface area contributed by atoms with E-state index >= 15 is 0 Å². The number of nitrogens with zero attached hydrogens (tertiary/aromatic N) is 2. The van der Waals surface area contributed by atoms with Gasteiger partial charge in [0.25, 0.3) is 0 Å². The zero-order chi connectivity index (χ0) is 26.7. The molecule has 2 aromatic heterocycles. The molecule has 174 valence electrons. The van der Waals surface area contributed by atoms with Gasteiger partial charge in [0, 0.05) is 30.7 Å². The van der Waals surface area contributed by atoms with Gasteiger partial charge in [-0.15, -0.1) is 0 Å². The van der Waals surface area contributed by atoms with Crippen LogP contribution in [0.3, 0.4) is 0 Å². The van der Waals surface area contributed by atoms with Crippen LogP contribution in [0, 0.1) is 25.8 Å². The minimum Gasteiger partial charge on any atom is -0.456 e. The van der Waals surface area contributed by atoms with Crippen LogP contribution in [0.4, 0.5) is 5.69 Å². The maximum atomic E-state index is 8.83. The summed E-state index contributed by atoms with van der Waals surface area (Å²) in [6.07, 6.45) is 0.428. The highest BCUT2D eigenvalue weighted by Gasteiger charge is 2.25.